The minimum atomic E-state index is -0.545. The molecule has 1 rings (SSSR count). The molecule has 13 heavy (non-hydrogen) atoms. The molecule has 0 aliphatic heterocycles. The molecule has 2 nitrogen and oxygen atoms in total. The first-order chi connectivity index (χ1) is 6.13. The highest BCUT2D eigenvalue weighted by molar-refractivity contribution is 9.11. The van der Waals surface area contributed by atoms with Gasteiger partial charge in [0, 0.05) is 5.38 Å². The van der Waals surface area contributed by atoms with Crippen molar-refractivity contribution >= 4 is 33.2 Å². The van der Waals surface area contributed by atoms with Gasteiger partial charge in [0.1, 0.15) is 6.67 Å². The Morgan fingerprint density at radius 1 is 1.85 bits per heavy atom. The van der Waals surface area contributed by atoms with E-state index in [0.29, 0.717) is 5.56 Å². The number of thiophene rings is 1. The fourth-order valence-corrected chi connectivity index (χ4v) is 1.91. The van der Waals surface area contributed by atoms with Gasteiger partial charge in [-0.05, 0) is 28.9 Å². The number of amides is 1. The molecular weight excluding hydrogens is 257 g/mol. The monoisotopic (exact) mass is 265 g/mol. The molecule has 1 N–H and O–H groups in total. The van der Waals surface area contributed by atoms with E-state index in [1.165, 1.54) is 11.3 Å². The van der Waals surface area contributed by atoms with Crippen LogP contribution in [0, 0.1) is 0 Å². The Labute approximate surface area is 88.3 Å². The van der Waals surface area contributed by atoms with Crippen molar-refractivity contribution in [2.75, 3.05) is 6.67 Å². The topological polar surface area (TPSA) is 29.1 Å². The van der Waals surface area contributed by atoms with Crippen molar-refractivity contribution in [1.29, 1.82) is 0 Å². The van der Waals surface area contributed by atoms with Gasteiger partial charge in [-0.25, -0.2) is 4.39 Å². The van der Waals surface area contributed by atoms with Crippen LogP contribution in [-0.2, 0) is 0 Å². The molecule has 0 aliphatic carbocycles. The Balaban J connectivity index is 2.58. The molecule has 1 amide bonds. The molecule has 0 spiro atoms. The van der Waals surface area contributed by atoms with Crippen LogP contribution >= 0.6 is 27.3 Å². The smallest absolute Gasteiger partial charge is 0.252 e. The molecule has 1 heterocycles. The molecule has 1 aromatic heterocycles. The molecule has 1 aromatic rings. The number of carbonyl (C=O) groups is 1. The van der Waals surface area contributed by atoms with Crippen molar-refractivity contribution in [2.45, 2.75) is 13.0 Å². The first-order valence-corrected chi connectivity index (χ1v) is 5.41. The van der Waals surface area contributed by atoms with E-state index in [1.54, 1.807) is 18.4 Å². The number of hydrogen-bond donors (Lipinski definition) is 1. The Morgan fingerprint density at radius 3 is 3.00 bits per heavy atom. The van der Waals surface area contributed by atoms with E-state index in [1.807, 2.05) is 0 Å². The highest BCUT2D eigenvalue weighted by Crippen LogP contribution is 2.20. The standard InChI is InChI=1S/C8H9BrFNOS/c1-5(3-10)11-8(12)6-2-7(9)13-4-6/h2,4-5H,3H2,1H3,(H,11,12). The second kappa shape index (κ2) is 4.72. The summed E-state index contributed by atoms with van der Waals surface area (Å²) in [6.45, 7) is 1.08. The Bertz CT molecular complexity index is 302. The van der Waals surface area contributed by atoms with Gasteiger partial charge in [0.2, 0.25) is 0 Å². The molecule has 0 aliphatic rings. The van der Waals surface area contributed by atoms with Gasteiger partial charge in [-0.15, -0.1) is 11.3 Å². The van der Waals surface area contributed by atoms with E-state index in [2.05, 4.69) is 21.2 Å². The number of rotatable bonds is 3. The molecule has 1 unspecified atom stereocenters. The highest BCUT2D eigenvalue weighted by Gasteiger charge is 2.10. The highest BCUT2D eigenvalue weighted by atomic mass is 79.9. The fraction of sp³-hybridized carbons (Fsp3) is 0.375. The summed E-state index contributed by atoms with van der Waals surface area (Å²) >= 11 is 4.68. The Hall–Kier alpha value is -0.420. The average Bonchev–Trinajstić information content (AvgIpc) is 2.51. The van der Waals surface area contributed by atoms with Crippen LogP contribution < -0.4 is 5.32 Å². The van der Waals surface area contributed by atoms with Crippen molar-refractivity contribution in [3.8, 4) is 0 Å². The van der Waals surface area contributed by atoms with Gasteiger partial charge in [0.05, 0.1) is 15.4 Å². The van der Waals surface area contributed by atoms with Crippen molar-refractivity contribution in [3.05, 3.63) is 20.8 Å². The third-order valence-corrected chi connectivity index (χ3v) is 2.94. The summed E-state index contributed by atoms with van der Waals surface area (Å²) in [7, 11) is 0. The first kappa shape index (κ1) is 10.7. The van der Waals surface area contributed by atoms with Crippen molar-refractivity contribution < 1.29 is 9.18 Å². The fourth-order valence-electron chi connectivity index (χ4n) is 0.775. The summed E-state index contributed by atoms with van der Waals surface area (Å²) in [5, 5.41) is 4.26. The molecule has 0 saturated heterocycles. The third-order valence-electron chi connectivity index (χ3n) is 1.44. The summed E-state index contributed by atoms with van der Waals surface area (Å²) in [6, 6.07) is 1.29. The van der Waals surface area contributed by atoms with Crippen LogP contribution in [0.5, 0.6) is 0 Å². The van der Waals surface area contributed by atoms with Gasteiger partial charge in [0.25, 0.3) is 5.91 Å². The first-order valence-electron chi connectivity index (χ1n) is 3.74. The maximum atomic E-state index is 12.0. The van der Waals surface area contributed by atoms with Gasteiger partial charge in [-0.1, -0.05) is 0 Å². The van der Waals surface area contributed by atoms with Gasteiger partial charge >= 0.3 is 0 Å². The van der Waals surface area contributed by atoms with E-state index in [9.17, 15) is 9.18 Å². The summed E-state index contributed by atoms with van der Waals surface area (Å²) in [5.74, 6) is -0.230. The normalized spacial score (nSPS) is 12.5. The summed E-state index contributed by atoms with van der Waals surface area (Å²) < 4.78 is 12.9. The third kappa shape index (κ3) is 3.08. The molecule has 0 radical (unpaired) electrons. The van der Waals surface area contributed by atoms with E-state index in [0.717, 1.165) is 3.79 Å². The number of carbonyl (C=O) groups excluding carboxylic acids is 1. The summed E-state index contributed by atoms with van der Waals surface area (Å²) in [4.78, 5) is 11.3. The molecule has 5 heteroatoms. The zero-order valence-electron chi connectivity index (χ0n) is 7.01. The molecule has 0 fully saturated rings. The summed E-state index contributed by atoms with van der Waals surface area (Å²) in [5.41, 5.74) is 0.567. The zero-order chi connectivity index (χ0) is 9.84. The lowest BCUT2D eigenvalue weighted by molar-refractivity contribution is 0.0934. The van der Waals surface area contributed by atoms with Gasteiger partial charge < -0.3 is 5.32 Å². The Kier molecular flexibility index (Phi) is 3.87. The van der Waals surface area contributed by atoms with Crippen LogP contribution in [0.2, 0.25) is 0 Å². The number of halogens is 2. The van der Waals surface area contributed by atoms with Crippen LogP contribution in [0.25, 0.3) is 0 Å². The average molecular weight is 266 g/mol. The van der Waals surface area contributed by atoms with E-state index in [-0.39, 0.29) is 5.91 Å². The predicted octanol–water partition coefficient (Wildman–Crippen LogP) is 2.60. The second-order valence-corrected chi connectivity index (χ2v) is 4.96. The molecular formula is C8H9BrFNOS. The predicted molar refractivity (Wildman–Crippen MR) is 54.9 cm³/mol. The van der Waals surface area contributed by atoms with Gasteiger partial charge in [0.15, 0.2) is 0 Å². The molecule has 72 valence electrons. The number of alkyl halides is 1. The minimum Gasteiger partial charge on any atom is -0.347 e. The summed E-state index contributed by atoms with van der Waals surface area (Å²) in [6.07, 6.45) is 0. The van der Waals surface area contributed by atoms with E-state index < -0.39 is 12.7 Å². The second-order valence-electron chi connectivity index (χ2n) is 2.67. The Morgan fingerprint density at radius 2 is 2.54 bits per heavy atom. The number of nitrogens with one attached hydrogen (secondary N) is 1. The van der Waals surface area contributed by atoms with Gasteiger partial charge in [-0.2, -0.15) is 0 Å². The quantitative estimate of drug-likeness (QED) is 0.895. The molecule has 1 atom stereocenters. The van der Waals surface area contributed by atoms with Crippen molar-refractivity contribution in [3.63, 3.8) is 0 Å². The van der Waals surface area contributed by atoms with Crippen molar-refractivity contribution in [2.24, 2.45) is 0 Å². The lowest BCUT2D eigenvalue weighted by atomic mass is 10.3. The van der Waals surface area contributed by atoms with Crippen LogP contribution in [0.3, 0.4) is 0 Å². The van der Waals surface area contributed by atoms with Crippen LogP contribution in [-0.4, -0.2) is 18.6 Å². The molecule has 0 bridgehead atoms. The van der Waals surface area contributed by atoms with Gasteiger partial charge in [-0.3, -0.25) is 4.79 Å². The van der Waals surface area contributed by atoms with Crippen LogP contribution in [0.4, 0.5) is 4.39 Å². The van der Waals surface area contributed by atoms with Crippen LogP contribution in [0.15, 0.2) is 15.2 Å². The minimum absolute atomic E-state index is 0.230. The maximum Gasteiger partial charge on any atom is 0.252 e. The van der Waals surface area contributed by atoms with Crippen molar-refractivity contribution in [1.82, 2.24) is 5.32 Å². The van der Waals surface area contributed by atoms with Crippen LogP contribution in [0.1, 0.15) is 17.3 Å². The SMILES string of the molecule is CC(CF)NC(=O)c1csc(Br)c1. The number of hydrogen-bond acceptors (Lipinski definition) is 2. The maximum absolute atomic E-state index is 12.0. The zero-order valence-corrected chi connectivity index (χ0v) is 9.41. The van der Waals surface area contributed by atoms with E-state index >= 15 is 0 Å². The molecule has 0 saturated carbocycles. The van der Waals surface area contributed by atoms with E-state index in [4.69, 9.17) is 0 Å². The molecule has 0 aromatic carbocycles. The lowest BCUT2D eigenvalue weighted by Gasteiger charge is -2.07. The largest absolute Gasteiger partial charge is 0.347 e. The lowest BCUT2D eigenvalue weighted by Crippen LogP contribution is -2.33.